The van der Waals surface area contributed by atoms with Crippen molar-refractivity contribution in [2.24, 2.45) is 0 Å². The fraction of sp³-hybridized carbons (Fsp3) is 0.360. The number of carbonyl (C=O) groups is 3. The maximum atomic E-state index is 12.3. The summed E-state index contributed by atoms with van der Waals surface area (Å²) in [6, 6.07) is 8.47. The number of anilines is 1. The maximum Gasteiger partial charge on any atom is 0.325 e. The van der Waals surface area contributed by atoms with Gasteiger partial charge in [0.05, 0.1) is 6.42 Å². The van der Waals surface area contributed by atoms with E-state index >= 15 is 0 Å². The summed E-state index contributed by atoms with van der Waals surface area (Å²) >= 11 is 0. The number of nitrogens with one attached hydrogen (secondary N) is 2. The predicted octanol–water partition coefficient (Wildman–Crippen LogP) is 2.35. The lowest BCUT2D eigenvalue weighted by molar-refractivity contribution is -0.144. The highest BCUT2D eigenvalue weighted by molar-refractivity contribution is 5.96. The second-order valence-electron chi connectivity index (χ2n) is 8.67. The minimum absolute atomic E-state index is 0.112. The maximum absolute atomic E-state index is 12.3. The third-order valence-electron chi connectivity index (χ3n) is 6.33. The quantitative estimate of drug-likeness (QED) is 0.348. The molecule has 1 aliphatic rings. The molecule has 3 heterocycles. The van der Waals surface area contributed by atoms with Crippen LogP contribution in [-0.2, 0) is 20.8 Å². The number of carboxylic acids is 2. The molecule has 4 N–H and O–H groups in total. The van der Waals surface area contributed by atoms with Crippen LogP contribution in [0.5, 0.6) is 0 Å². The number of pyridine rings is 1. The average Bonchev–Trinajstić information content (AvgIpc) is 3.25. The lowest BCUT2D eigenvalue weighted by Gasteiger charge is -2.37. The highest BCUT2D eigenvalue weighted by Crippen LogP contribution is 2.31. The Bertz CT molecular complexity index is 1190. The average molecular weight is 480 g/mol. The SMILES string of the molecule is O=C(O)CCC(=O)Nc1ccc2c([C@H](C(=O)O)N3CCN(CCc4ccncc4)CC3)c[nH]c2c1. The Labute approximate surface area is 202 Å². The summed E-state index contributed by atoms with van der Waals surface area (Å²) in [6.45, 7) is 3.81. The molecule has 0 spiro atoms. The lowest BCUT2D eigenvalue weighted by Crippen LogP contribution is -2.49. The molecular weight excluding hydrogens is 450 g/mol. The van der Waals surface area contributed by atoms with Crippen molar-refractivity contribution in [3.8, 4) is 0 Å². The first-order valence-electron chi connectivity index (χ1n) is 11.6. The summed E-state index contributed by atoms with van der Waals surface area (Å²) < 4.78 is 0. The molecule has 4 rings (SSSR count). The van der Waals surface area contributed by atoms with Crippen LogP contribution in [0.25, 0.3) is 10.9 Å². The molecule has 10 heteroatoms. The standard InChI is InChI=1S/C25H29N5O5/c31-22(3-4-23(32)33)28-18-1-2-19-20(16-27-21(19)15-18)24(25(34)35)30-13-11-29(12-14-30)10-7-17-5-8-26-9-6-17/h1-2,5-6,8-9,15-16,24,27H,3-4,7,10-14H2,(H,28,31)(H,32,33)(H,34,35)/t24-/m1/s1. The van der Waals surface area contributed by atoms with Crippen molar-refractivity contribution in [2.75, 3.05) is 38.0 Å². The van der Waals surface area contributed by atoms with Gasteiger partial charge >= 0.3 is 11.9 Å². The van der Waals surface area contributed by atoms with Gasteiger partial charge in [0.2, 0.25) is 5.91 Å². The van der Waals surface area contributed by atoms with Crippen LogP contribution in [0.3, 0.4) is 0 Å². The van der Waals surface area contributed by atoms with Gasteiger partial charge in [0.1, 0.15) is 6.04 Å². The van der Waals surface area contributed by atoms with Crippen molar-refractivity contribution in [3.05, 3.63) is 60.0 Å². The number of fused-ring (bicyclic) bond motifs is 1. The van der Waals surface area contributed by atoms with Gasteiger partial charge in [0.15, 0.2) is 0 Å². The summed E-state index contributed by atoms with van der Waals surface area (Å²) in [5.41, 5.74) is 3.15. The minimum atomic E-state index is -1.03. The number of benzene rings is 1. The van der Waals surface area contributed by atoms with Crippen LogP contribution in [0.1, 0.15) is 30.0 Å². The molecule has 184 valence electrons. The zero-order valence-electron chi connectivity index (χ0n) is 19.3. The number of nitrogens with zero attached hydrogens (tertiary/aromatic N) is 3. The molecule has 0 bridgehead atoms. The Morgan fingerprint density at radius 3 is 2.46 bits per heavy atom. The van der Waals surface area contributed by atoms with Crippen molar-refractivity contribution in [3.63, 3.8) is 0 Å². The van der Waals surface area contributed by atoms with Gasteiger partial charge in [-0.15, -0.1) is 0 Å². The Balaban J connectivity index is 1.40. The first-order chi connectivity index (χ1) is 16.9. The second kappa shape index (κ2) is 11.1. The van der Waals surface area contributed by atoms with Gasteiger partial charge in [0.25, 0.3) is 0 Å². The van der Waals surface area contributed by atoms with Gasteiger partial charge in [-0.2, -0.15) is 0 Å². The van der Waals surface area contributed by atoms with Crippen LogP contribution >= 0.6 is 0 Å². The summed E-state index contributed by atoms with van der Waals surface area (Å²) in [6.07, 6.45) is 5.89. The number of aromatic amines is 1. The van der Waals surface area contributed by atoms with Gasteiger partial charge in [0, 0.05) is 79.9 Å². The Hall–Kier alpha value is -3.76. The number of amides is 1. The first-order valence-corrected chi connectivity index (χ1v) is 11.6. The third kappa shape index (κ3) is 6.23. The molecule has 0 radical (unpaired) electrons. The molecule has 10 nitrogen and oxygen atoms in total. The molecule has 0 unspecified atom stereocenters. The van der Waals surface area contributed by atoms with E-state index in [0.717, 1.165) is 31.4 Å². The smallest absolute Gasteiger partial charge is 0.325 e. The minimum Gasteiger partial charge on any atom is -0.481 e. The van der Waals surface area contributed by atoms with Crippen molar-refractivity contribution in [2.45, 2.75) is 25.3 Å². The molecule has 1 aliphatic heterocycles. The third-order valence-corrected chi connectivity index (χ3v) is 6.33. The highest BCUT2D eigenvalue weighted by Gasteiger charge is 2.32. The van der Waals surface area contributed by atoms with Crippen molar-refractivity contribution in [1.82, 2.24) is 19.8 Å². The molecule has 1 aromatic carbocycles. The molecule has 3 aromatic rings. The zero-order chi connectivity index (χ0) is 24.8. The van der Waals surface area contributed by atoms with Crippen LogP contribution in [0.2, 0.25) is 0 Å². The Kier molecular flexibility index (Phi) is 7.74. The lowest BCUT2D eigenvalue weighted by atomic mass is 10.0. The molecule has 1 atom stereocenters. The molecule has 35 heavy (non-hydrogen) atoms. The summed E-state index contributed by atoms with van der Waals surface area (Å²) in [4.78, 5) is 46.4. The van der Waals surface area contributed by atoms with Gasteiger partial charge < -0.3 is 25.4 Å². The van der Waals surface area contributed by atoms with Crippen LogP contribution in [0.15, 0.2) is 48.9 Å². The van der Waals surface area contributed by atoms with Crippen LogP contribution in [0.4, 0.5) is 5.69 Å². The fourth-order valence-corrected chi connectivity index (χ4v) is 4.46. The Morgan fingerprint density at radius 1 is 1.03 bits per heavy atom. The molecule has 2 aromatic heterocycles. The second-order valence-corrected chi connectivity index (χ2v) is 8.67. The van der Waals surface area contributed by atoms with Crippen LogP contribution in [-0.4, -0.2) is 80.6 Å². The van der Waals surface area contributed by atoms with E-state index < -0.39 is 18.0 Å². The monoisotopic (exact) mass is 479 g/mol. The largest absolute Gasteiger partial charge is 0.481 e. The van der Waals surface area contributed by atoms with E-state index in [1.165, 1.54) is 5.56 Å². The first kappa shape index (κ1) is 24.4. The number of H-pyrrole nitrogens is 1. The Morgan fingerprint density at radius 2 is 1.77 bits per heavy atom. The van der Waals surface area contributed by atoms with E-state index in [1.54, 1.807) is 36.8 Å². The van der Waals surface area contributed by atoms with Gasteiger partial charge in [-0.1, -0.05) is 6.07 Å². The van der Waals surface area contributed by atoms with Crippen molar-refractivity contribution >= 4 is 34.4 Å². The normalized spacial score (nSPS) is 15.7. The number of carboxylic acid groups (broad SMARTS) is 2. The predicted molar refractivity (Wildman–Crippen MR) is 130 cm³/mol. The number of aliphatic carboxylic acids is 2. The summed E-state index contributed by atoms with van der Waals surface area (Å²) in [7, 11) is 0. The number of hydrogen-bond acceptors (Lipinski definition) is 6. The summed E-state index contributed by atoms with van der Waals surface area (Å²) in [5.74, 6) is -2.31. The van der Waals surface area contributed by atoms with E-state index in [0.29, 0.717) is 29.9 Å². The van der Waals surface area contributed by atoms with Crippen molar-refractivity contribution in [1.29, 1.82) is 0 Å². The van der Waals surface area contributed by atoms with Gasteiger partial charge in [-0.25, -0.2) is 0 Å². The number of piperazine rings is 1. The van der Waals surface area contributed by atoms with Crippen LogP contribution in [0, 0.1) is 0 Å². The molecular formula is C25H29N5O5. The number of rotatable bonds is 10. The van der Waals surface area contributed by atoms with E-state index in [4.69, 9.17) is 5.11 Å². The highest BCUT2D eigenvalue weighted by atomic mass is 16.4. The molecule has 0 saturated carbocycles. The number of hydrogen-bond donors (Lipinski definition) is 4. The van der Waals surface area contributed by atoms with E-state index in [-0.39, 0.29) is 18.7 Å². The molecule has 0 aliphatic carbocycles. The van der Waals surface area contributed by atoms with Gasteiger partial charge in [-0.05, 0) is 36.2 Å². The molecule has 1 saturated heterocycles. The number of carbonyl (C=O) groups excluding carboxylic acids is 1. The molecule has 1 fully saturated rings. The topological polar surface area (TPSA) is 139 Å². The van der Waals surface area contributed by atoms with E-state index in [1.807, 2.05) is 17.0 Å². The summed E-state index contributed by atoms with van der Waals surface area (Å²) in [5, 5.41) is 22.3. The van der Waals surface area contributed by atoms with E-state index in [9.17, 15) is 19.5 Å². The van der Waals surface area contributed by atoms with Crippen molar-refractivity contribution < 1.29 is 24.6 Å². The van der Waals surface area contributed by atoms with Crippen LogP contribution < -0.4 is 5.32 Å². The van der Waals surface area contributed by atoms with Gasteiger partial charge in [-0.3, -0.25) is 24.3 Å². The fourth-order valence-electron chi connectivity index (χ4n) is 4.46. The zero-order valence-corrected chi connectivity index (χ0v) is 19.3. The van der Waals surface area contributed by atoms with E-state index in [2.05, 4.69) is 20.2 Å². The molecule has 1 amide bonds. The number of aromatic nitrogens is 2.